The topological polar surface area (TPSA) is 66.5 Å². The lowest BCUT2D eigenvalue weighted by Crippen LogP contribution is -1.88. The fraction of sp³-hybridized carbons (Fsp3) is 0. The van der Waals surface area contributed by atoms with Gasteiger partial charge in [0.05, 0.1) is 5.69 Å². The van der Waals surface area contributed by atoms with E-state index in [1.165, 1.54) is 0 Å². The first-order chi connectivity index (χ1) is 5.04. The van der Waals surface area contributed by atoms with Crippen molar-refractivity contribution in [1.82, 2.24) is 0 Å². The van der Waals surface area contributed by atoms with Gasteiger partial charge in [-0.15, -0.1) is 0 Å². The Morgan fingerprint density at radius 2 is 1.91 bits per heavy atom. The summed E-state index contributed by atoms with van der Waals surface area (Å²) in [5.74, 6) is -2.26. The van der Waals surface area contributed by atoms with E-state index in [4.69, 9.17) is 27.5 Å². The van der Waals surface area contributed by atoms with Crippen LogP contribution in [-0.2, 0) is 0 Å². The Kier molecular flexibility index (Phi) is 1.78. The van der Waals surface area contributed by atoms with E-state index < -0.39 is 22.3 Å². The summed E-state index contributed by atoms with van der Waals surface area (Å²) < 4.78 is 12.5. The standard InChI is InChI=1S/C6H5ClFNO2/c7-4-5(10)2(8)1-3(9)6(4)11/h1,10-11H,9H2. The van der Waals surface area contributed by atoms with Gasteiger partial charge in [-0.2, -0.15) is 0 Å². The Bertz CT molecular complexity index is 277. The second kappa shape index (κ2) is 2.47. The van der Waals surface area contributed by atoms with Gasteiger partial charge in [0.1, 0.15) is 5.02 Å². The van der Waals surface area contributed by atoms with Crippen LogP contribution in [0, 0.1) is 5.82 Å². The number of rotatable bonds is 0. The fourth-order valence-corrected chi connectivity index (χ4v) is 0.816. The highest BCUT2D eigenvalue weighted by Gasteiger charge is 2.13. The number of halogens is 2. The maximum Gasteiger partial charge on any atom is 0.174 e. The summed E-state index contributed by atoms with van der Waals surface area (Å²) in [6.07, 6.45) is 0. The molecule has 0 atom stereocenters. The Labute approximate surface area is 66.8 Å². The highest BCUT2D eigenvalue weighted by molar-refractivity contribution is 6.33. The molecule has 0 saturated heterocycles. The number of nitrogens with two attached hydrogens (primary N) is 1. The summed E-state index contributed by atoms with van der Waals surface area (Å²) in [6, 6.07) is 0.788. The molecule has 1 aromatic rings. The molecule has 1 rings (SSSR count). The average molecular weight is 178 g/mol. The van der Waals surface area contributed by atoms with Gasteiger partial charge in [0, 0.05) is 6.07 Å². The Morgan fingerprint density at radius 3 is 2.45 bits per heavy atom. The molecule has 0 aliphatic heterocycles. The maximum atomic E-state index is 12.5. The molecule has 0 spiro atoms. The fourth-order valence-electron chi connectivity index (χ4n) is 0.617. The number of phenolic OH excluding ortho intramolecular Hbond substituents is 2. The quantitative estimate of drug-likeness (QED) is 0.319. The summed E-state index contributed by atoms with van der Waals surface area (Å²) >= 11 is 5.27. The van der Waals surface area contributed by atoms with Gasteiger partial charge in [0.25, 0.3) is 0 Å². The summed E-state index contributed by atoms with van der Waals surface area (Å²) in [7, 11) is 0. The minimum atomic E-state index is -0.953. The van der Waals surface area contributed by atoms with Crippen LogP contribution in [0.3, 0.4) is 0 Å². The van der Waals surface area contributed by atoms with Crippen LogP contribution in [0.15, 0.2) is 6.07 Å². The Balaban J connectivity index is 3.46. The molecule has 5 heteroatoms. The molecular weight excluding hydrogens is 173 g/mol. The van der Waals surface area contributed by atoms with E-state index in [0.717, 1.165) is 6.07 Å². The van der Waals surface area contributed by atoms with E-state index in [1.807, 2.05) is 0 Å². The first-order valence-corrected chi connectivity index (χ1v) is 3.07. The zero-order chi connectivity index (χ0) is 8.59. The van der Waals surface area contributed by atoms with Gasteiger partial charge in [-0.05, 0) is 0 Å². The van der Waals surface area contributed by atoms with Crippen molar-refractivity contribution in [3.63, 3.8) is 0 Å². The van der Waals surface area contributed by atoms with Gasteiger partial charge in [-0.1, -0.05) is 11.6 Å². The predicted octanol–water partition coefficient (Wildman–Crippen LogP) is 1.47. The first-order valence-electron chi connectivity index (χ1n) is 2.69. The molecule has 11 heavy (non-hydrogen) atoms. The van der Waals surface area contributed by atoms with Gasteiger partial charge in [-0.25, -0.2) is 4.39 Å². The van der Waals surface area contributed by atoms with Crippen molar-refractivity contribution >= 4 is 17.3 Å². The van der Waals surface area contributed by atoms with E-state index >= 15 is 0 Å². The van der Waals surface area contributed by atoms with Crippen molar-refractivity contribution in [3.8, 4) is 11.5 Å². The molecule has 0 aliphatic carbocycles. The van der Waals surface area contributed by atoms with Crippen molar-refractivity contribution in [2.24, 2.45) is 0 Å². The highest BCUT2D eigenvalue weighted by Crippen LogP contribution is 2.38. The van der Waals surface area contributed by atoms with Crippen molar-refractivity contribution in [2.75, 3.05) is 5.73 Å². The van der Waals surface area contributed by atoms with Crippen LogP contribution in [0.2, 0.25) is 5.02 Å². The van der Waals surface area contributed by atoms with E-state index in [1.54, 1.807) is 0 Å². The van der Waals surface area contributed by atoms with Gasteiger partial charge in [0.15, 0.2) is 17.3 Å². The monoisotopic (exact) mass is 177 g/mol. The second-order valence-corrected chi connectivity index (χ2v) is 2.34. The van der Waals surface area contributed by atoms with Crippen molar-refractivity contribution < 1.29 is 14.6 Å². The molecule has 0 amide bonds. The normalized spacial score (nSPS) is 10.0. The minimum absolute atomic E-state index is 0.203. The molecule has 60 valence electrons. The van der Waals surface area contributed by atoms with Crippen LogP contribution < -0.4 is 5.73 Å². The zero-order valence-electron chi connectivity index (χ0n) is 5.31. The number of phenols is 2. The molecule has 0 radical (unpaired) electrons. The summed E-state index contributed by atoms with van der Waals surface area (Å²) in [6.45, 7) is 0. The first kappa shape index (κ1) is 7.94. The maximum absolute atomic E-state index is 12.5. The van der Waals surface area contributed by atoms with E-state index in [0.29, 0.717) is 0 Å². The lowest BCUT2D eigenvalue weighted by molar-refractivity contribution is 0.421. The van der Waals surface area contributed by atoms with Gasteiger partial charge < -0.3 is 15.9 Å². The highest BCUT2D eigenvalue weighted by atomic mass is 35.5. The number of aromatic hydroxyl groups is 2. The average Bonchev–Trinajstić information content (AvgIpc) is 1.97. The molecule has 0 bridgehead atoms. The number of nitrogen functional groups attached to an aromatic ring is 1. The molecule has 1 aromatic carbocycles. The van der Waals surface area contributed by atoms with Gasteiger partial charge in [0.2, 0.25) is 0 Å². The number of hydrogen-bond acceptors (Lipinski definition) is 3. The van der Waals surface area contributed by atoms with E-state index in [-0.39, 0.29) is 5.69 Å². The summed E-state index contributed by atoms with van der Waals surface area (Å²) in [5, 5.41) is 17.2. The number of benzene rings is 1. The van der Waals surface area contributed by atoms with Crippen molar-refractivity contribution in [3.05, 3.63) is 16.9 Å². The Hall–Kier alpha value is -1.16. The molecule has 0 unspecified atom stereocenters. The molecule has 3 nitrogen and oxygen atoms in total. The smallest absolute Gasteiger partial charge is 0.174 e. The summed E-state index contributed by atoms with van der Waals surface area (Å²) in [5.41, 5.74) is 4.90. The second-order valence-electron chi connectivity index (χ2n) is 1.96. The third-order valence-electron chi connectivity index (χ3n) is 1.20. The minimum Gasteiger partial charge on any atom is -0.504 e. The van der Waals surface area contributed by atoms with Crippen LogP contribution in [0.25, 0.3) is 0 Å². The molecule has 0 saturated carbocycles. The third-order valence-corrected chi connectivity index (χ3v) is 1.56. The van der Waals surface area contributed by atoms with Crippen LogP contribution in [-0.4, -0.2) is 10.2 Å². The van der Waals surface area contributed by atoms with Gasteiger partial charge >= 0.3 is 0 Å². The largest absolute Gasteiger partial charge is 0.504 e. The van der Waals surface area contributed by atoms with Crippen LogP contribution in [0.1, 0.15) is 0 Å². The zero-order valence-corrected chi connectivity index (χ0v) is 6.06. The molecule has 0 heterocycles. The van der Waals surface area contributed by atoms with Crippen molar-refractivity contribution in [2.45, 2.75) is 0 Å². The molecule has 0 fully saturated rings. The predicted molar refractivity (Wildman–Crippen MR) is 39.2 cm³/mol. The van der Waals surface area contributed by atoms with Gasteiger partial charge in [-0.3, -0.25) is 0 Å². The molecule has 0 aliphatic rings. The van der Waals surface area contributed by atoms with Crippen LogP contribution >= 0.6 is 11.6 Å². The van der Waals surface area contributed by atoms with E-state index in [9.17, 15) is 4.39 Å². The van der Waals surface area contributed by atoms with Crippen molar-refractivity contribution in [1.29, 1.82) is 0 Å². The lowest BCUT2D eigenvalue weighted by atomic mass is 10.2. The third kappa shape index (κ3) is 1.17. The SMILES string of the molecule is Nc1cc(F)c(O)c(Cl)c1O. The number of hydrogen-bond donors (Lipinski definition) is 3. The molecule has 4 N–H and O–H groups in total. The summed E-state index contributed by atoms with van der Waals surface area (Å²) in [4.78, 5) is 0. The molecule has 0 aromatic heterocycles. The molecular formula is C6H5ClFNO2. The lowest BCUT2D eigenvalue weighted by Gasteiger charge is -2.03. The number of anilines is 1. The van der Waals surface area contributed by atoms with Crippen LogP contribution in [0.4, 0.5) is 10.1 Å². The Morgan fingerprint density at radius 1 is 1.36 bits per heavy atom. The van der Waals surface area contributed by atoms with Crippen LogP contribution in [0.5, 0.6) is 11.5 Å². The van der Waals surface area contributed by atoms with E-state index in [2.05, 4.69) is 0 Å².